The number of thiazole rings is 1. The van der Waals surface area contributed by atoms with Gasteiger partial charge < -0.3 is 0 Å². The highest BCUT2D eigenvalue weighted by Crippen LogP contribution is 2.21. The lowest BCUT2D eigenvalue weighted by Crippen LogP contribution is -1.95. The molecular formula is C12H11BrFN3S. The van der Waals surface area contributed by atoms with Crippen LogP contribution in [0.4, 0.5) is 9.52 Å². The molecule has 0 aliphatic heterocycles. The topological polar surface area (TPSA) is 37.3 Å². The van der Waals surface area contributed by atoms with Gasteiger partial charge in [-0.1, -0.05) is 15.9 Å². The van der Waals surface area contributed by atoms with Crippen LogP contribution in [0.5, 0.6) is 0 Å². The van der Waals surface area contributed by atoms with Gasteiger partial charge in [-0.3, -0.25) is 5.43 Å². The molecule has 1 aromatic carbocycles. The Morgan fingerprint density at radius 3 is 2.89 bits per heavy atom. The van der Waals surface area contributed by atoms with E-state index in [2.05, 4.69) is 31.4 Å². The number of rotatable bonds is 3. The molecule has 1 heterocycles. The molecular weight excluding hydrogens is 317 g/mol. The summed E-state index contributed by atoms with van der Waals surface area (Å²) in [4.78, 5) is 4.19. The number of aryl methyl sites for hydroxylation is 1. The van der Waals surface area contributed by atoms with Gasteiger partial charge in [-0.05, 0) is 31.5 Å². The predicted octanol–water partition coefficient (Wildman–Crippen LogP) is 4.11. The van der Waals surface area contributed by atoms with Gasteiger partial charge >= 0.3 is 0 Å². The Hall–Kier alpha value is -1.27. The van der Waals surface area contributed by atoms with E-state index in [-0.39, 0.29) is 5.82 Å². The van der Waals surface area contributed by atoms with Crippen LogP contribution < -0.4 is 5.43 Å². The number of hydrazone groups is 1. The van der Waals surface area contributed by atoms with E-state index >= 15 is 0 Å². The van der Waals surface area contributed by atoms with Crippen molar-refractivity contribution in [3.8, 4) is 0 Å². The third-order valence-corrected chi connectivity index (χ3v) is 4.06. The fourth-order valence-corrected chi connectivity index (χ4v) is 2.29. The first-order valence-corrected chi connectivity index (χ1v) is 6.91. The maximum atomic E-state index is 13.8. The van der Waals surface area contributed by atoms with Gasteiger partial charge in [0.05, 0.1) is 11.9 Å². The summed E-state index contributed by atoms with van der Waals surface area (Å²) in [5.41, 5.74) is 4.72. The molecule has 0 aliphatic carbocycles. The fourth-order valence-electron chi connectivity index (χ4n) is 1.34. The SMILES string of the molecule is Cc1csc(NN=Cc2ccc(Br)c(C)c2F)n1. The Labute approximate surface area is 117 Å². The third kappa shape index (κ3) is 2.94. The molecule has 3 nitrogen and oxygen atoms in total. The Balaban J connectivity index is 2.12. The molecule has 0 radical (unpaired) electrons. The molecule has 0 atom stereocenters. The highest BCUT2D eigenvalue weighted by atomic mass is 79.9. The van der Waals surface area contributed by atoms with E-state index in [0.717, 1.165) is 10.2 Å². The first-order chi connectivity index (χ1) is 8.58. The number of benzene rings is 1. The smallest absolute Gasteiger partial charge is 0.203 e. The van der Waals surface area contributed by atoms with Gasteiger partial charge in [-0.2, -0.15) is 5.10 Å². The van der Waals surface area contributed by atoms with E-state index in [1.807, 2.05) is 12.3 Å². The molecule has 1 aromatic heterocycles. The molecule has 0 unspecified atom stereocenters. The highest BCUT2D eigenvalue weighted by Gasteiger charge is 2.06. The molecule has 2 rings (SSSR count). The average molecular weight is 328 g/mol. The van der Waals surface area contributed by atoms with Gasteiger partial charge in [0, 0.05) is 15.4 Å². The van der Waals surface area contributed by atoms with Crippen LogP contribution in [0.25, 0.3) is 0 Å². The standard InChI is InChI=1S/C12H11BrFN3S/c1-7-6-18-12(16-7)17-15-5-9-3-4-10(13)8(2)11(9)14/h3-6H,1-2H3,(H,16,17). The van der Waals surface area contributed by atoms with Crippen LogP contribution in [0, 0.1) is 19.7 Å². The molecule has 0 saturated carbocycles. The minimum Gasteiger partial charge on any atom is -0.253 e. The van der Waals surface area contributed by atoms with Crippen molar-refractivity contribution in [3.63, 3.8) is 0 Å². The number of halogens is 2. The Morgan fingerprint density at radius 2 is 2.22 bits per heavy atom. The minimum absolute atomic E-state index is 0.273. The van der Waals surface area contributed by atoms with Crippen molar-refractivity contribution in [1.29, 1.82) is 0 Å². The highest BCUT2D eigenvalue weighted by molar-refractivity contribution is 9.10. The summed E-state index contributed by atoms with van der Waals surface area (Å²) >= 11 is 4.74. The van der Waals surface area contributed by atoms with E-state index in [0.29, 0.717) is 16.3 Å². The van der Waals surface area contributed by atoms with E-state index in [1.54, 1.807) is 19.1 Å². The van der Waals surface area contributed by atoms with Crippen molar-refractivity contribution >= 4 is 38.6 Å². The van der Waals surface area contributed by atoms with Crippen LogP contribution in [0.1, 0.15) is 16.8 Å². The van der Waals surface area contributed by atoms with Crippen LogP contribution >= 0.6 is 27.3 Å². The summed E-state index contributed by atoms with van der Waals surface area (Å²) in [5.74, 6) is -0.273. The van der Waals surface area contributed by atoms with Gasteiger partial charge in [0.1, 0.15) is 5.82 Å². The van der Waals surface area contributed by atoms with Gasteiger partial charge in [0.25, 0.3) is 0 Å². The average Bonchev–Trinajstić information content (AvgIpc) is 2.75. The Bertz CT molecular complexity index is 595. The van der Waals surface area contributed by atoms with Gasteiger partial charge in [0.15, 0.2) is 0 Å². The normalized spacial score (nSPS) is 11.1. The van der Waals surface area contributed by atoms with Gasteiger partial charge in [-0.15, -0.1) is 11.3 Å². The molecule has 0 saturated heterocycles. The molecule has 2 aromatic rings. The molecule has 1 N–H and O–H groups in total. The summed E-state index contributed by atoms with van der Waals surface area (Å²) in [6, 6.07) is 3.47. The number of aromatic nitrogens is 1. The van der Waals surface area contributed by atoms with Gasteiger partial charge in [0.2, 0.25) is 5.13 Å². The summed E-state index contributed by atoms with van der Waals surface area (Å²) < 4.78 is 14.6. The maximum absolute atomic E-state index is 13.8. The van der Waals surface area contributed by atoms with E-state index in [1.165, 1.54) is 17.6 Å². The van der Waals surface area contributed by atoms with Crippen molar-refractivity contribution < 1.29 is 4.39 Å². The minimum atomic E-state index is -0.273. The zero-order valence-corrected chi connectivity index (χ0v) is 12.3. The summed E-state index contributed by atoms with van der Waals surface area (Å²) in [5, 5.41) is 6.59. The predicted molar refractivity (Wildman–Crippen MR) is 76.9 cm³/mol. The van der Waals surface area contributed by atoms with Crippen LogP contribution in [0.2, 0.25) is 0 Å². The zero-order valence-electron chi connectivity index (χ0n) is 9.87. The monoisotopic (exact) mass is 327 g/mol. The van der Waals surface area contributed by atoms with Crippen molar-refractivity contribution in [1.82, 2.24) is 4.98 Å². The number of hydrogen-bond donors (Lipinski definition) is 1. The fraction of sp³-hybridized carbons (Fsp3) is 0.167. The second kappa shape index (κ2) is 5.58. The largest absolute Gasteiger partial charge is 0.253 e. The van der Waals surface area contributed by atoms with E-state index in [4.69, 9.17) is 0 Å². The van der Waals surface area contributed by atoms with Crippen LogP contribution in [0.15, 0.2) is 27.1 Å². The molecule has 6 heteroatoms. The second-order valence-corrected chi connectivity index (χ2v) is 5.45. The lowest BCUT2D eigenvalue weighted by Gasteiger charge is -2.02. The maximum Gasteiger partial charge on any atom is 0.203 e. The molecule has 94 valence electrons. The number of hydrogen-bond acceptors (Lipinski definition) is 4. The van der Waals surface area contributed by atoms with Crippen molar-refractivity contribution in [2.24, 2.45) is 5.10 Å². The number of anilines is 1. The zero-order chi connectivity index (χ0) is 13.1. The van der Waals surface area contributed by atoms with Crippen LogP contribution in [-0.4, -0.2) is 11.2 Å². The first-order valence-electron chi connectivity index (χ1n) is 5.23. The van der Waals surface area contributed by atoms with E-state index < -0.39 is 0 Å². The molecule has 0 amide bonds. The quantitative estimate of drug-likeness (QED) is 0.680. The van der Waals surface area contributed by atoms with E-state index in [9.17, 15) is 4.39 Å². The molecule has 0 fully saturated rings. The number of nitrogens with zero attached hydrogens (tertiary/aromatic N) is 2. The first kappa shape index (κ1) is 13.2. The summed E-state index contributed by atoms with van der Waals surface area (Å²) in [6.07, 6.45) is 1.45. The Morgan fingerprint density at radius 1 is 1.44 bits per heavy atom. The van der Waals surface area contributed by atoms with Gasteiger partial charge in [-0.25, -0.2) is 9.37 Å². The van der Waals surface area contributed by atoms with Crippen molar-refractivity contribution in [2.45, 2.75) is 13.8 Å². The molecule has 0 bridgehead atoms. The van der Waals surface area contributed by atoms with Crippen LogP contribution in [-0.2, 0) is 0 Å². The second-order valence-electron chi connectivity index (χ2n) is 3.74. The summed E-state index contributed by atoms with van der Waals surface area (Å²) in [7, 11) is 0. The lowest BCUT2D eigenvalue weighted by molar-refractivity contribution is 0.615. The van der Waals surface area contributed by atoms with Crippen molar-refractivity contribution in [2.75, 3.05) is 5.43 Å². The molecule has 0 spiro atoms. The van der Waals surface area contributed by atoms with Crippen molar-refractivity contribution in [3.05, 3.63) is 44.6 Å². The van der Waals surface area contributed by atoms with Crippen LogP contribution in [0.3, 0.4) is 0 Å². The summed E-state index contributed by atoms with van der Waals surface area (Å²) in [6.45, 7) is 3.62. The third-order valence-electron chi connectivity index (χ3n) is 2.33. The Kier molecular flexibility index (Phi) is 4.08. The lowest BCUT2D eigenvalue weighted by atomic mass is 10.1. The number of nitrogens with one attached hydrogen (secondary N) is 1. The molecule has 18 heavy (non-hydrogen) atoms. The molecule has 0 aliphatic rings.